The molecular weight excluding hydrogens is 406 g/mol. The Bertz CT molecular complexity index is 697. The molecule has 1 amide bonds. The first kappa shape index (κ1) is 20.5. The number of piperidine rings is 1. The van der Waals surface area contributed by atoms with Crippen LogP contribution in [0.3, 0.4) is 0 Å². The predicted octanol–water partition coefficient (Wildman–Crippen LogP) is 5.82. The van der Waals surface area contributed by atoms with Gasteiger partial charge in [-0.3, -0.25) is 0 Å². The van der Waals surface area contributed by atoms with Gasteiger partial charge >= 0.3 is 6.09 Å². The fourth-order valence-corrected chi connectivity index (χ4v) is 4.73. The number of aryl methyl sites for hydroxylation is 1. The van der Waals surface area contributed by atoms with Crippen LogP contribution < -0.4 is 4.74 Å². The molecule has 0 aliphatic carbocycles. The summed E-state index contributed by atoms with van der Waals surface area (Å²) < 4.78 is 13.4. The Hall–Kier alpha value is -1.23. The van der Waals surface area contributed by atoms with Crippen molar-refractivity contribution < 1.29 is 14.3 Å². The number of ether oxygens (including phenoxy) is 2. The fourth-order valence-electron chi connectivity index (χ4n) is 4.33. The second-order valence-electron chi connectivity index (χ2n) is 9.42. The molecule has 1 aromatic carbocycles. The van der Waals surface area contributed by atoms with E-state index in [-0.39, 0.29) is 11.7 Å². The molecule has 27 heavy (non-hydrogen) atoms. The third-order valence-corrected chi connectivity index (χ3v) is 6.04. The average Bonchev–Trinajstić information content (AvgIpc) is 2.55. The average molecular weight is 438 g/mol. The van der Waals surface area contributed by atoms with E-state index in [2.05, 4.69) is 41.9 Å². The normalized spacial score (nSPS) is 25.3. The second-order valence-corrected chi connectivity index (χ2v) is 10.3. The van der Waals surface area contributed by atoms with E-state index in [1.54, 1.807) is 0 Å². The van der Waals surface area contributed by atoms with Crippen LogP contribution in [0.15, 0.2) is 22.7 Å². The first-order valence-electron chi connectivity index (χ1n) is 10.0. The highest BCUT2D eigenvalue weighted by atomic mass is 79.9. The lowest BCUT2D eigenvalue weighted by molar-refractivity contribution is -0.0736. The molecule has 3 rings (SSSR count). The van der Waals surface area contributed by atoms with Crippen LogP contribution >= 0.6 is 15.9 Å². The highest BCUT2D eigenvalue weighted by Crippen LogP contribution is 2.45. The molecule has 1 saturated heterocycles. The number of fused-ring (bicyclic) bond motifs is 1. The van der Waals surface area contributed by atoms with Gasteiger partial charge in [0.05, 0.1) is 0 Å². The van der Waals surface area contributed by atoms with Crippen LogP contribution in [0.5, 0.6) is 5.75 Å². The number of carbonyl (C=O) groups excluding carboxylic acids is 1. The number of nitrogens with zero attached hydrogens (tertiary/aromatic N) is 1. The van der Waals surface area contributed by atoms with Gasteiger partial charge in [0, 0.05) is 29.9 Å². The lowest BCUT2D eigenvalue weighted by Crippen LogP contribution is -2.58. The number of carbonyl (C=O) groups is 1. The van der Waals surface area contributed by atoms with E-state index < -0.39 is 5.60 Å². The van der Waals surface area contributed by atoms with Gasteiger partial charge in [0.2, 0.25) is 0 Å². The van der Waals surface area contributed by atoms with Gasteiger partial charge in [-0.1, -0.05) is 29.8 Å². The lowest BCUT2D eigenvalue weighted by Gasteiger charge is -2.50. The van der Waals surface area contributed by atoms with Crippen molar-refractivity contribution in [3.8, 4) is 5.75 Å². The molecule has 0 bridgehead atoms. The van der Waals surface area contributed by atoms with Crippen LogP contribution in [0, 0.1) is 11.8 Å². The predicted molar refractivity (Wildman–Crippen MR) is 111 cm³/mol. The van der Waals surface area contributed by atoms with Crippen LogP contribution in [0.4, 0.5) is 4.79 Å². The third kappa shape index (κ3) is 4.79. The molecule has 2 unspecified atom stereocenters. The number of hydrogen-bond donors (Lipinski definition) is 0. The Morgan fingerprint density at radius 2 is 2.11 bits per heavy atom. The summed E-state index contributed by atoms with van der Waals surface area (Å²) in [6.45, 7) is 11.6. The summed E-state index contributed by atoms with van der Waals surface area (Å²) in [6.07, 6.45) is 3.74. The lowest BCUT2D eigenvalue weighted by atomic mass is 9.72. The zero-order valence-corrected chi connectivity index (χ0v) is 18.8. The van der Waals surface area contributed by atoms with E-state index in [9.17, 15) is 4.79 Å². The van der Waals surface area contributed by atoms with E-state index in [4.69, 9.17) is 9.47 Å². The minimum absolute atomic E-state index is 0.177. The molecule has 2 aliphatic rings. The van der Waals surface area contributed by atoms with Gasteiger partial charge < -0.3 is 14.4 Å². The van der Waals surface area contributed by atoms with Crippen molar-refractivity contribution in [1.29, 1.82) is 0 Å². The molecule has 2 atom stereocenters. The molecule has 2 aliphatic heterocycles. The van der Waals surface area contributed by atoms with Crippen LogP contribution in [-0.2, 0) is 11.2 Å². The van der Waals surface area contributed by atoms with Crippen LogP contribution in [-0.4, -0.2) is 35.3 Å². The number of hydrogen-bond acceptors (Lipinski definition) is 3. The van der Waals surface area contributed by atoms with Crippen LogP contribution in [0.1, 0.15) is 59.4 Å². The van der Waals surface area contributed by atoms with Crippen molar-refractivity contribution in [2.24, 2.45) is 11.8 Å². The van der Waals surface area contributed by atoms with Gasteiger partial charge in [0.25, 0.3) is 0 Å². The van der Waals surface area contributed by atoms with Gasteiger partial charge in [-0.2, -0.15) is 0 Å². The van der Waals surface area contributed by atoms with E-state index >= 15 is 0 Å². The zero-order valence-electron chi connectivity index (χ0n) is 17.2. The number of halogens is 1. The third-order valence-electron chi connectivity index (χ3n) is 5.55. The molecule has 0 radical (unpaired) electrons. The molecule has 0 saturated carbocycles. The minimum atomic E-state index is -0.465. The van der Waals surface area contributed by atoms with Crippen molar-refractivity contribution >= 4 is 22.0 Å². The van der Waals surface area contributed by atoms with Gasteiger partial charge in [0.1, 0.15) is 17.0 Å². The van der Waals surface area contributed by atoms with Gasteiger partial charge in [-0.25, -0.2) is 4.79 Å². The van der Waals surface area contributed by atoms with Crippen molar-refractivity contribution in [2.75, 3.05) is 13.1 Å². The number of benzene rings is 1. The topological polar surface area (TPSA) is 38.8 Å². The Balaban J connectivity index is 1.80. The maximum atomic E-state index is 12.6. The van der Waals surface area contributed by atoms with E-state index in [0.717, 1.165) is 35.9 Å². The molecule has 1 spiro atoms. The first-order valence-corrected chi connectivity index (χ1v) is 10.8. The van der Waals surface area contributed by atoms with E-state index in [0.29, 0.717) is 24.9 Å². The molecule has 1 aromatic rings. The van der Waals surface area contributed by atoms with Crippen LogP contribution in [0.2, 0.25) is 0 Å². The van der Waals surface area contributed by atoms with Crippen molar-refractivity contribution in [1.82, 2.24) is 4.90 Å². The monoisotopic (exact) mass is 437 g/mol. The van der Waals surface area contributed by atoms with Gasteiger partial charge in [0.15, 0.2) is 0 Å². The summed E-state index contributed by atoms with van der Waals surface area (Å²) in [7, 11) is 0. The number of likely N-dealkylation sites (tertiary alicyclic amines) is 1. The summed E-state index contributed by atoms with van der Waals surface area (Å²) in [5.74, 6) is 1.87. The Morgan fingerprint density at radius 1 is 1.37 bits per heavy atom. The van der Waals surface area contributed by atoms with Crippen molar-refractivity contribution in [2.45, 2.75) is 71.5 Å². The van der Waals surface area contributed by atoms with Crippen LogP contribution in [0.25, 0.3) is 0 Å². The summed E-state index contributed by atoms with van der Waals surface area (Å²) >= 11 is 3.56. The summed E-state index contributed by atoms with van der Waals surface area (Å²) in [6, 6.07) is 6.29. The van der Waals surface area contributed by atoms with Gasteiger partial charge in [-0.05, 0) is 69.7 Å². The maximum absolute atomic E-state index is 12.6. The standard InChI is InChI=1S/C22H32BrNO3/c1-15(2)12-17-14-24(20(25)27-21(3,4)5)11-10-22(17)9-8-16-13-18(23)6-7-19(16)26-22/h6-7,13,15,17H,8-12,14H2,1-5H3. The van der Waals surface area contributed by atoms with Crippen molar-refractivity contribution in [3.05, 3.63) is 28.2 Å². The minimum Gasteiger partial charge on any atom is -0.487 e. The summed E-state index contributed by atoms with van der Waals surface area (Å²) in [4.78, 5) is 14.5. The van der Waals surface area contributed by atoms with E-state index in [1.165, 1.54) is 5.56 Å². The molecule has 5 heteroatoms. The smallest absolute Gasteiger partial charge is 0.410 e. The fraction of sp³-hybridized carbons (Fsp3) is 0.682. The Morgan fingerprint density at radius 3 is 2.78 bits per heavy atom. The van der Waals surface area contributed by atoms with Gasteiger partial charge in [-0.15, -0.1) is 0 Å². The Kier molecular flexibility index (Phi) is 5.81. The van der Waals surface area contributed by atoms with E-state index in [1.807, 2.05) is 31.7 Å². The molecule has 0 N–H and O–H groups in total. The quantitative estimate of drug-likeness (QED) is 0.585. The van der Waals surface area contributed by atoms with Crippen molar-refractivity contribution in [3.63, 3.8) is 0 Å². The second kappa shape index (κ2) is 7.65. The molecule has 150 valence electrons. The molecule has 1 fully saturated rings. The Labute approximate surface area is 171 Å². The zero-order chi connectivity index (χ0) is 19.8. The summed E-state index contributed by atoms with van der Waals surface area (Å²) in [5.41, 5.74) is 0.629. The largest absolute Gasteiger partial charge is 0.487 e. The highest BCUT2D eigenvalue weighted by Gasteiger charge is 2.48. The number of rotatable bonds is 2. The molecular formula is C22H32BrNO3. The maximum Gasteiger partial charge on any atom is 0.410 e. The molecule has 0 aromatic heterocycles. The highest BCUT2D eigenvalue weighted by molar-refractivity contribution is 9.10. The first-order chi connectivity index (χ1) is 12.6. The SMILES string of the molecule is CC(C)CC1CN(C(=O)OC(C)(C)C)CCC12CCc1cc(Br)ccc1O2. The molecule has 2 heterocycles. The summed E-state index contributed by atoms with van der Waals surface area (Å²) in [5, 5.41) is 0. The molecule has 4 nitrogen and oxygen atoms in total. The number of amides is 1.